The highest BCUT2D eigenvalue weighted by atomic mass is 16.2. The highest BCUT2D eigenvalue weighted by Gasteiger charge is 2.46. The molecule has 3 nitrogen and oxygen atoms in total. The van der Waals surface area contributed by atoms with E-state index in [1.807, 2.05) is 19.0 Å². The fourth-order valence-electron chi connectivity index (χ4n) is 2.07. The average Bonchev–Trinajstić information content (AvgIpc) is 2.07. The minimum absolute atomic E-state index is 0.0760. The molecular formula is C12H24N2O. The SMILES string of the molecule is CNCC1(C(=O)N(C)C(C)(C)C)CCC1. The van der Waals surface area contributed by atoms with E-state index < -0.39 is 0 Å². The van der Waals surface area contributed by atoms with Gasteiger partial charge in [-0.25, -0.2) is 0 Å². The molecule has 0 aromatic rings. The summed E-state index contributed by atoms with van der Waals surface area (Å²) in [6.07, 6.45) is 3.26. The van der Waals surface area contributed by atoms with Crippen LogP contribution in [-0.2, 0) is 4.79 Å². The van der Waals surface area contributed by atoms with E-state index in [0.717, 1.165) is 19.4 Å². The van der Waals surface area contributed by atoms with Gasteiger partial charge in [0.15, 0.2) is 0 Å². The number of amides is 1. The van der Waals surface area contributed by atoms with Gasteiger partial charge in [0, 0.05) is 19.1 Å². The van der Waals surface area contributed by atoms with E-state index >= 15 is 0 Å². The molecule has 0 saturated heterocycles. The van der Waals surface area contributed by atoms with Gasteiger partial charge in [0.1, 0.15) is 0 Å². The topological polar surface area (TPSA) is 32.3 Å². The van der Waals surface area contributed by atoms with E-state index in [2.05, 4.69) is 26.1 Å². The van der Waals surface area contributed by atoms with Crippen molar-refractivity contribution in [1.82, 2.24) is 10.2 Å². The maximum atomic E-state index is 12.4. The van der Waals surface area contributed by atoms with Gasteiger partial charge < -0.3 is 10.2 Å². The van der Waals surface area contributed by atoms with Crippen molar-refractivity contribution in [3.05, 3.63) is 0 Å². The largest absolute Gasteiger partial charge is 0.340 e. The Bertz CT molecular complexity index is 238. The molecule has 1 aliphatic carbocycles. The molecule has 0 aromatic heterocycles. The van der Waals surface area contributed by atoms with Crippen LogP contribution in [0.15, 0.2) is 0 Å². The van der Waals surface area contributed by atoms with Gasteiger partial charge in [-0.2, -0.15) is 0 Å². The Morgan fingerprint density at radius 2 is 1.93 bits per heavy atom. The molecule has 1 amide bonds. The second kappa shape index (κ2) is 4.12. The Morgan fingerprint density at radius 1 is 1.40 bits per heavy atom. The van der Waals surface area contributed by atoms with Crippen LogP contribution < -0.4 is 5.32 Å². The lowest BCUT2D eigenvalue weighted by Gasteiger charge is -2.46. The van der Waals surface area contributed by atoms with Gasteiger partial charge in [-0.05, 0) is 40.7 Å². The number of carbonyl (C=O) groups is 1. The van der Waals surface area contributed by atoms with Crippen LogP contribution >= 0.6 is 0 Å². The van der Waals surface area contributed by atoms with E-state index in [-0.39, 0.29) is 11.0 Å². The van der Waals surface area contributed by atoms with Crippen LogP contribution in [0.25, 0.3) is 0 Å². The van der Waals surface area contributed by atoms with Crippen molar-refractivity contribution < 1.29 is 4.79 Å². The molecule has 15 heavy (non-hydrogen) atoms. The van der Waals surface area contributed by atoms with Crippen molar-refractivity contribution in [3.63, 3.8) is 0 Å². The third kappa shape index (κ3) is 2.33. The smallest absolute Gasteiger partial charge is 0.230 e. The zero-order chi connectivity index (χ0) is 11.7. The molecule has 0 radical (unpaired) electrons. The fourth-order valence-corrected chi connectivity index (χ4v) is 2.07. The van der Waals surface area contributed by atoms with Crippen LogP contribution in [0.5, 0.6) is 0 Å². The normalized spacial score (nSPS) is 19.5. The lowest BCUT2D eigenvalue weighted by atomic mass is 9.67. The van der Waals surface area contributed by atoms with Crippen LogP contribution in [0.3, 0.4) is 0 Å². The van der Waals surface area contributed by atoms with E-state index in [0.29, 0.717) is 5.91 Å². The molecule has 88 valence electrons. The van der Waals surface area contributed by atoms with Crippen molar-refractivity contribution in [2.45, 2.75) is 45.6 Å². The Labute approximate surface area is 93.2 Å². The first-order chi connectivity index (χ1) is 6.83. The predicted molar refractivity (Wildman–Crippen MR) is 62.7 cm³/mol. The van der Waals surface area contributed by atoms with Gasteiger partial charge in [0.05, 0.1) is 5.41 Å². The highest BCUT2D eigenvalue weighted by molar-refractivity contribution is 5.84. The lowest BCUT2D eigenvalue weighted by Crippen LogP contribution is -2.55. The molecule has 0 heterocycles. The average molecular weight is 212 g/mol. The minimum Gasteiger partial charge on any atom is -0.340 e. The van der Waals surface area contributed by atoms with Crippen LogP contribution in [0, 0.1) is 5.41 Å². The van der Waals surface area contributed by atoms with Crippen molar-refractivity contribution in [3.8, 4) is 0 Å². The Hall–Kier alpha value is -0.570. The molecule has 0 unspecified atom stereocenters. The summed E-state index contributed by atoms with van der Waals surface area (Å²) < 4.78 is 0. The fraction of sp³-hybridized carbons (Fsp3) is 0.917. The van der Waals surface area contributed by atoms with E-state index in [9.17, 15) is 4.79 Å². The summed E-state index contributed by atoms with van der Waals surface area (Å²) in [6, 6.07) is 0. The van der Waals surface area contributed by atoms with Crippen molar-refractivity contribution in [2.75, 3.05) is 20.6 Å². The highest BCUT2D eigenvalue weighted by Crippen LogP contribution is 2.42. The lowest BCUT2D eigenvalue weighted by molar-refractivity contribution is -0.150. The molecule has 0 bridgehead atoms. The van der Waals surface area contributed by atoms with Crippen LogP contribution in [0.2, 0.25) is 0 Å². The monoisotopic (exact) mass is 212 g/mol. The zero-order valence-corrected chi connectivity index (χ0v) is 10.7. The maximum Gasteiger partial charge on any atom is 0.230 e. The summed E-state index contributed by atoms with van der Waals surface area (Å²) in [5, 5.41) is 3.15. The summed E-state index contributed by atoms with van der Waals surface area (Å²) in [6.45, 7) is 7.05. The molecule has 0 atom stereocenters. The molecule has 1 rings (SSSR count). The van der Waals surface area contributed by atoms with E-state index in [1.54, 1.807) is 0 Å². The third-order valence-corrected chi connectivity index (χ3v) is 3.59. The maximum absolute atomic E-state index is 12.4. The van der Waals surface area contributed by atoms with Gasteiger partial charge in [0.25, 0.3) is 0 Å². The number of carbonyl (C=O) groups excluding carboxylic acids is 1. The molecule has 1 N–H and O–H groups in total. The first kappa shape index (κ1) is 12.5. The second-order valence-corrected chi connectivity index (χ2v) is 5.70. The molecule has 1 saturated carbocycles. The molecule has 0 aliphatic heterocycles. The Kier molecular flexibility index (Phi) is 3.44. The summed E-state index contributed by atoms with van der Waals surface area (Å²) >= 11 is 0. The molecule has 1 fully saturated rings. The molecule has 3 heteroatoms. The molecule has 0 aromatic carbocycles. The van der Waals surface area contributed by atoms with Crippen molar-refractivity contribution in [1.29, 1.82) is 0 Å². The van der Waals surface area contributed by atoms with Gasteiger partial charge >= 0.3 is 0 Å². The van der Waals surface area contributed by atoms with E-state index in [4.69, 9.17) is 0 Å². The van der Waals surface area contributed by atoms with Gasteiger partial charge in [-0.3, -0.25) is 4.79 Å². The van der Waals surface area contributed by atoms with Gasteiger partial charge in [-0.1, -0.05) is 6.42 Å². The third-order valence-electron chi connectivity index (χ3n) is 3.59. The summed E-state index contributed by atoms with van der Waals surface area (Å²) in [5.74, 6) is 0.301. The van der Waals surface area contributed by atoms with Crippen LogP contribution in [0.1, 0.15) is 40.0 Å². The summed E-state index contributed by atoms with van der Waals surface area (Å²) in [7, 11) is 3.84. The van der Waals surface area contributed by atoms with E-state index in [1.165, 1.54) is 6.42 Å². The molecule has 0 spiro atoms. The Morgan fingerprint density at radius 3 is 2.20 bits per heavy atom. The number of hydrogen-bond acceptors (Lipinski definition) is 2. The molecule has 1 aliphatic rings. The molecular weight excluding hydrogens is 188 g/mol. The predicted octanol–water partition coefficient (Wildman–Crippen LogP) is 1.63. The quantitative estimate of drug-likeness (QED) is 0.771. The number of rotatable bonds is 3. The first-order valence-corrected chi connectivity index (χ1v) is 5.76. The summed E-state index contributed by atoms with van der Waals surface area (Å²) in [5.41, 5.74) is -0.190. The summed E-state index contributed by atoms with van der Waals surface area (Å²) in [4.78, 5) is 14.3. The number of nitrogens with one attached hydrogen (secondary N) is 1. The number of nitrogens with zero attached hydrogens (tertiary/aromatic N) is 1. The Balaban J connectivity index is 2.74. The van der Waals surface area contributed by atoms with Gasteiger partial charge in [0.2, 0.25) is 5.91 Å². The number of hydrogen-bond donors (Lipinski definition) is 1. The standard InChI is InChI=1S/C12H24N2O/c1-11(2,3)14(5)10(15)12(9-13-4)7-6-8-12/h13H,6-9H2,1-5H3. The van der Waals surface area contributed by atoms with Crippen molar-refractivity contribution >= 4 is 5.91 Å². The van der Waals surface area contributed by atoms with Crippen molar-refractivity contribution in [2.24, 2.45) is 5.41 Å². The van der Waals surface area contributed by atoms with Crippen LogP contribution in [-0.4, -0.2) is 37.0 Å². The first-order valence-electron chi connectivity index (χ1n) is 5.76. The minimum atomic E-state index is -0.114. The second-order valence-electron chi connectivity index (χ2n) is 5.70. The van der Waals surface area contributed by atoms with Crippen LogP contribution in [0.4, 0.5) is 0 Å². The van der Waals surface area contributed by atoms with Gasteiger partial charge in [-0.15, -0.1) is 0 Å². The zero-order valence-electron chi connectivity index (χ0n) is 10.7.